The standard InChI is InChI=1S/C26H25N3O3/c1-17(2)18-7-11-20(12-8-18)28-24-23(19-9-13-22(32-3)14-10-19)25(30)29(26(24)31)16-21-6-4-5-15-27-21/h4-15,17,28H,16H2,1-3H3. The molecule has 1 aliphatic heterocycles. The normalized spacial score (nSPS) is 13.8. The van der Waals surface area contributed by atoms with Crippen LogP contribution >= 0.6 is 0 Å². The van der Waals surface area contributed by atoms with E-state index < -0.39 is 0 Å². The van der Waals surface area contributed by atoms with Crippen molar-refractivity contribution in [3.05, 3.63) is 95.4 Å². The highest BCUT2D eigenvalue weighted by Gasteiger charge is 2.39. The molecule has 0 saturated carbocycles. The minimum atomic E-state index is -0.376. The second kappa shape index (κ2) is 9.06. The zero-order valence-electron chi connectivity index (χ0n) is 18.3. The average molecular weight is 428 g/mol. The Kier molecular flexibility index (Phi) is 6.03. The number of pyridine rings is 1. The lowest BCUT2D eigenvalue weighted by atomic mass is 10.0. The molecule has 2 aromatic carbocycles. The van der Waals surface area contributed by atoms with E-state index in [0.29, 0.717) is 28.5 Å². The minimum Gasteiger partial charge on any atom is -0.497 e. The van der Waals surface area contributed by atoms with Crippen molar-refractivity contribution in [3.63, 3.8) is 0 Å². The van der Waals surface area contributed by atoms with E-state index >= 15 is 0 Å². The van der Waals surface area contributed by atoms with Crippen LogP contribution in [-0.4, -0.2) is 28.8 Å². The Hall–Kier alpha value is -3.93. The molecule has 3 aromatic rings. The van der Waals surface area contributed by atoms with Gasteiger partial charge in [0.2, 0.25) is 0 Å². The summed E-state index contributed by atoms with van der Waals surface area (Å²) in [5.74, 6) is 0.350. The van der Waals surface area contributed by atoms with Crippen molar-refractivity contribution in [2.24, 2.45) is 0 Å². The summed E-state index contributed by atoms with van der Waals surface area (Å²) in [6, 6.07) is 20.4. The van der Waals surface area contributed by atoms with Crippen molar-refractivity contribution in [1.82, 2.24) is 9.88 Å². The number of carbonyl (C=O) groups is 2. The molecule has 1 N–H and O–H groups in total. The molecule has 0 spiro atoms. The number of amides is 2. The van der Waals surface area contributed by atoms with Crippen LogP contribution in [-0.2, 0) is 16.1 Å². The number of aromatic nitrogens is 1. The number of nitrogens with one attached hydrogen (secondary N) is 1. The third-order valence-corrected chi connectivity index (χ3v) is 5.44. The Labute approximate surface area is 187 Å². The number of benzene rings is 2. The van der Waals surface area contributed by atoms with Gasteiger partial charge in [0.05, 0.1) is 24.9 Å². The molecular formula is C26H25N3O3. The second-order valence-electron chi connectivity index (χ2n) is 7.90. The Morgan fingerprint density at radius 3 is 2.25 bits per heavy atom. The van der Waals surface area contributed by atoms with Gasteiger partial charge in [-0.15, -0.1) is 0 Å². The molecule has 32 heavy (non-hydrogen) atoms. The largest absolute Gasteiger partial charge is 0.497 e. The van der Waals surface area contributed by atoms with Crippen molar-refractivity contribution in [3.8, 4) is 5.75 Å². The van der Waals surface area contributed by atoms with Gasteiger partial charge in [0.25, 0.3) is 11.8 Å². The van der Waals surface area contributed by atoms with Crippen molar-refractivity contribution in [2.45, 2.75) is 26.3 Å². The fourth-order valence-electron chi connectivity index (χ4n) is 3.61. The van der Waals surface area contributed by atoms with E-state index in [1.54, 1.807) is 49.7 Å². The first-order valence-corrected chi connectivity index (χ1v) is 10.5. The van der Waals surface area contributed by atoms with Crippen molar-refractivity contribution in [2.75, 3.05) is 12.4 Å². The van der Waals surface area contributed by atoms with Crippen LogP contribution in [0.1, 0.15) is 36.6 Å². The van der Waals surface area contributed by atoms with Crippen LogP contribution in [0.5, 0.6) is 5.75 Å². The van der Waals surface area contributed by atoms with Crippen LogP contribution in [0.15, 0.2) is 78.6 Å². The zero-order chi connectivity index (χ0) is 22.7. The van der Waals surface area contributed by atoms with Crippen LogP contribution in [0.3, 0.4) is 0 Å². The highest BCUT2D eigenvalue weighted by Crippen LogP contribution is 2.32. The number of hydrogen-bond acceptors (Lipinski definition) is 5. The number of anilines is 1. The first-order chi connectivity index (χ1) is 15.5. The van der Waals surface area contributed by atoms with E-state index in [0.717, 1.165) is 5.69 Å². The summed E-state index contributed by atoms with van der Waals surface area (Å²) < 4.78 is 5.23. The predicted octanol–water partition coefficient (Wildman–Crippen LogP) is 4.61. The Balaban J connectivity index is 1.71. The summed E-state index contributed by atoms with van der Waals surface area (Å²) in [7, 11) is 1.58. The van der Waals surface area contributed by atoms with Gasteiger partial charge in [-0.3, -0.25) is 19.5 Å². The molecular weight excluding hydrogens is 402 g/mol. The maximum absolute atomic E-state index is 13.4. The van der Waals surface area contributed by atoms with Gasteiger partial charge in [-0.05, 0) is 53.4 Å². The first-order valence-electron chi connectivity index (χ1n) is 10.5. The van der Waals surface area contributed by atoms with Crippen LogP contribution in [0, 0.1) is 0 Å². The predicted molar refractivity (Wildman–Crippen MR) is 124 cm³/mol. The number of imide groups is 1. The molecule has 1 aromatic heterocycles. The Bertz CT molecular complexity index is 1150. The molecule has 0 saturated heterocycles. The number of methoxy groups -OCH3 is 1. The molecule has 2 heterocycles. The molecule has 162 valence electrons. The summed E-state index contributed by atoms with van der Waals surface area (Å²) >= 11 is 0. The summed E-state index contributed by atoms with van der Waals surface area (Å²) in [6.45, 7) is 4.36. The number of ether oxygens (including phenoxy) is 1. The summed E-state index contributed by atoms with van der Waals surface area (Å²) in [5.41, 5.74) is 3.83. The van der Waals surface area contributed by atoms with Crippen LogP contribution in [0.4, 0.5) is 5.69 Å². The van der Waals surface area contributed by atoms with Gasteiger partial charge in [-0.25, -0.2) is 0 Å². The van der Waals surface area contributed by atoms with E-state index in [2.05, 4.69) is 24.1 Å². The smallest absolute Gasteiger partial charge is 0.278 e. The minimum absolute atomic E-state index is 0.107. The van der Waals surface area contributed by atoms with E-state index in [1.807, 2.05) is 30.3 Å². The maximum Gasteiger partial charge on any atom is 0.278 e. The zero-order valence-corrected chi connectivity index (χ0v) is 18.3. The quantitative estimate of drug-likeness (QED) is 0.558. The molecule has 0 aliphatic carbocycles. The molecule has 0 atom stereocenters. The van der Waals surface area contributed by atoms with Crippen LogP contribution in [0.2, 0.25) is 0 Å². The molecule has 2 amide bonds. The lowest BCUT2D eigenvalue weighted by Gasteiger charge is -2.15. The van der Waals surface area contributed by atoms with Gasteiger partial charge in [0.15, 0.2) is 0 Å². The van der Waals surface area contributed by atoms with Gasteiger partial charge in [0.1, 0.15) is 11.4 Å². The number of nitrogens with zero attached hydrogens (tertiary/aromatic N) is 2. The van der Waals surface area contributed by atoms with Gasteiger partial charge in [0, 0.05) is 11.9 Å². The van der Waals surface area contributed by atoms with Crippen molar-refractivity contribution in [1.29, 1.82) is 0 Å². The average Bonchev–Trinajstić information content (AvgIpc) is 3.04. The molecule has 0 unspecified atom stereocenters. The first kappa shape index (κ1) is 21.3. The van der Waals surface area contributed by atoms with Crippen LogP contribution in [0.25, 0.3) is 5.57 Å². The van der Waals surface area contributed by atoms with Gasteiger partial charge in [-0.1, -0.05) is 44.2 Å². The molecule has 6 nitrogen and oxygen atoms in total. The molecule has 1 aliphatic rings. The van der Waals surface area contributed by atoms with E-state index in [1.165, 1.54) is 10.5 Å². The highest BCUT2D eigenvalue weighted by atomic mass is 16.5. The molecule has 0 radical (unpaired) electrons. The summed E-state index contributed by atoms with van der Waals surface area (Å²) in [5, 5.41) is 3.20. The van der Waals surface area contributed by atoms with Gasteiger partial charge < -0.3 is 10.1 Å². The molecule has 0 fully saturated rings. The summed E-state index contributed by atoms with van der Waals surface area (Å²) in [4.78, 5) is 32.2. The highest BCUT2D eigenvalue weighted by molar-refractivity contribution is 6.36. The SMILES string of the molecule is COc1ccc(C2=C(Nc3ccc(C(C)C)cc3)C(=O)N(Cc3ccccn3)C2=O)cc1. The molecule has 0 bridgehead atoms. The number of carbonyl (C=O) groups excluding carboxylic acids is 2. The molecule has 6 heteroatoms. The van der Waals surface area contributed by atoms with Crippen molar-refractivity contribution < 1.29 is 14.3 Å². The lowest BCUT2D eigenvalue weighted by molar-refractivity contribution is -0.137. The third-order valence-electron chi connectivity index (χ3n) is 5.44. The lowest BCUT2D eigenvalue weighted by Crippen LogP contribution is -2.32. The fraction of sp³-hybridized carbons (Fsp3) is 0.192. The van der Waals surface area contributed by atoms with Gasteiger partial charge in [-0.2, -0.15) is 0 Å². The van der Waals surface area contributed by atoms with E-state index in [-0.39, 0.29) is 24.1 Å². The molecule has 4 rings (SSSR count). The second-order valence-corrected chi connectivity index (χ2v) is 7.90. The van der Waals surface area contributed by atoms with Crippen LogP contribution < -0.4 is 10.1 Å². The Morgan fingerprint density at radius 2 is 1.66 bits per heavy atom. The van der Waals surface area contributed by atoms with E-state index in [9.17, 15) is 9.59 Å². The summed E-state index contributed by atoms with van der Waals surface area (Å²) in [6.07, 6.45) is 1.65. The number of hydrogen-bond donors (Lipinski definition) is 1. The van der Waals surface area contributed by atoms with E-state index in [4.69, 9.17) is 4.74 Å². The number of rotatable bonds is 7. The maximum atomic E-state index is 13.4. The monoisotopic (exact) mass is 427 g/mol. The fourth-order valence-corrected chi connectivity index (χ4v) is 3.61. The third kappa shape index (κ3) is 4.25. The Morgan fingerprint density at radius 1 is 0.938 bits per heavy atom. The van der Waals surface area contributed by atoms with Crippen molar-refractivity contribution >= 4 is 23.1 Å². The van der Waals surface area contributed by atoms with Gasteiger partial charge >= 0.3 is 0 Å². The topological polar surface area (TPSA) is 71.5 Å².